The molecule has 0 saturated heterocycles. The topological polar surface area (TPSA) is 86.8 Å². The molecule has 0 saturated carbocycles. The summed E-state index contributed by atoms with van der Waals surface area (Å²) in [5.74, 6) is -1.34. The van der Waals surface area contributed by atoms with Gasteiger partial charge >= 0.3 is 0 Å². The molecule has 2 amide bonds. The summed E-state index contributed by atoms with van der Waals surface area (Å²) < 4.78 is 42.0. The van der Waals surface area contributed by atoms with Gasteiger partial charge in [0.2, 0.25) is 11.8 Å². The van der Waals surface area contributed by atoms with Crippen LogP contribution in [0.2, 0.25) is 0 Å². The highest BCUT2D eigenvalue weighted by Crippen LogP contribution is 2.24. The summed E-state index contributed by atoms with van der Waals surface area (Å²) in [4.78, 5) is 28.6. The third-order valence-electron chi connectivity index (χ3n) is 5.80. The number of hydrogen-bond donors (Lipinski definition) is 1. The second kappa shape index (κ2) is 12.2. The van der Waals surface area contributed by atoms with Gasteiger partial charge in [-0.3, -0.25) is 13.9 Å². The Hall–Kier alpha value is -3.72. The van der Waals surface area contributed by atoms with Crippen LogP contribution in [0.5, 0.6) is 0 Å². The number of para-hydroxylation sites is 1. The van der Waals surface area contributed by atoms with E-state index in [2.05, 4.69) is 5.32 Å². The highest BCUT2D eigenvalue weighted by Gasteiger charge is 2.34. The summed E-state index contributed by atoms with van der Waals surface area (Å²) in [5.41, 5.74) is 0.388. The molecule has 3 aromatic carbocycles. The first-order chi connectivity index (χ1) is 17.9. The van der Waals surface area contributed by atoms with E-state index in [1.54, 1.807) is 67.6 Å². The van der Waals surface area contributed by atoms with Crippen LogP contribution in [0.15, 0.2) is 89.8 Å². The quantitative estimate of drug-likeness (QED) is 0.403. The molecule has 0 aliphatic heterocycles. The number of nitrogens with zero attached hydrogens (tertiary/aromatic N) is 2. The second-order valence-electron chi connectivity index (χ2n) is 9.97. The number of carbonyl (C=O) groups excluding carboxylic acids is 2. The van der Waals surface area contributed by atoms with Crippen LogP contribution in [0, 0.1) is 5.82 Å². The van der Waals surface area contributed by atoms with Gasteiger partial charge in [-0.2, -0.15) is 0 Å². The molecule has 0 spiro atoms. The van der Waals surface area contributed by atoms with E-state index in [1.807, 2.05) is 20.8 Å². The standard InChI is InChI=1S/C29H34FN3O4S/c1-5-26(28(35)31-29(2,3)4)32(20-22-16-18-23(30)19-17-22)27(34)21-33(24-12-8-6-9-13-24)38(36,37)25-14-10-7-11-15-25/h6-19,26H,5,20-21H2,1-4H3,(H,31,35)/t26-/m0/s1. The molecule has 1 N–H and O–H groups in total. The first-order valence-electron chi connectivity index (χ1n) is 12.4. The van der Waals surface area contributed by atoms with Gasteiger partial charge < -0.3 is 10.2 Å². The van der Waals surface area contributed by atoms with E-state index in [4.69, 9.17) is 0 Å². The van der Waals surface area contributed by atoms with Crippen molar-refractivity contribution in [3.8, 4) is 0 Å². The molecule has 0 aliphatic carbocycles. The summed E-state index contributed by atoms with van der Waals surface area (Å²) in [6.07, 6.45) is 0.297. The minimum Gasteiger partial charge on any atom is -0.350 e. The average molecular weight is 540 g/mol. The number of nitrogens with one attached hydrogen (secondary N) is 1. The van der Waals surface area contributed by atoms with Crippen LogP contribution in [-0.4, -0.2) is 43.3 Å². The Balaban J connectivity index is 2.03. The Morgan fingerprint density at radius 3 is 1.97 bits per heavy atom. The second-order valence-corrected chi connectivity index (χ2v) is 11.8. The molecule has 3 rings (SSSR count). The lowest BCUT2D eigenvalue weighted by Crippen LogP contribution is -2.55. The van der Waals surface area contributed by atoms with Crippen LogP contribution in [-0.2, 0) is 26.2 Å². The SMILES string of the molecule is CC[C@@H](C(=O)NC(C)(C)C)N(Cc1ccc(F)cc1)C(=O)CN(c1ccccc1)S(=O)(=O)c1ccccc1. The Labute approximate surface area is 224 Å². The van der Waals surface area contributed by atoms with Crippen LogP contribution in [0.1, 0.15) is 39.7 Å². The smallest absolute Gasteiger partial charge is 0.264 e. The first kappa shape index (κ1) is 28.8. The highest BCUT2D eigenvalue weighted by molar-refractivity contribution is 7.92. The van der Waals surface area contributed by atoms with Crippen molar-refractivity contribution in [2.75, 3.05) is 10.8 Å². The van der Waals surface area contributed by atoms with Crippen molar-refractivity contribution in [2.24, 2.45) is 0 Å². The zero-order valence-corrected chi connectivity index (χ0v) is 22.9. The zero-order chi connectivity index (χ0) is 27.9. The van der Waals surface area contributed by atoms with Gasteiger partial charge in [-0.05, 0) is 69.2 Å². The first-order valence-corrected chi connectivity index (χ1v) is 13.8. The molecule has 38 heavy (non-hydrogen) atoms. The number of amides is 2. The van der Waals surface area contributed by atoms with E-state index >= 15 is 0 Å². The van der Waals surface area contributed by atoms with Crippen molar-refractivity contribution < 1.29 is 22.4 Å². The van der Waals surface area contributed by atoms with Crippen molar-refractivity contribution in [3.63, 3.8) is 0 Å². The van der Waals surface area contributed by atoms with Gasteiger partial charge in [-0.25, -0.2) is 12.8 Å². The summed E-state index contributed by atoms with van der Waals surface area (Å²) >= 11 is 0. The number of hydrogen-bond acceptors (Lipinski definition) is 4. The molecule has 9 heteroatoms. The lowest BCUT2D eigenvalue weighted by Gasteiger charge is -2.34. The van der Waals surface area contributed by atoms with Crippen LogP contribution in [0.4, 0.5) is 10.1 Å². The molecule has 0 bridgehead atoms. The highest BCUT2D eigenvalue weighted by atomic mass is 32.2. The molecule has 202 valence electrons. The van der Waals surface area contributed by atoms with Crippen molar-refractivity contribution in [3.05, 3.63) is 96.3 Å². The third-order valence-corrected chi connectivity index (χ3v) is 7.59. The van der Waals surface area contributed by atoms with Gasteiger partial charge in [0.05, 0.1) is 10.6 Å². The van der Waals surface area contributed by atoms with Crippen LogP contribution < -0.4 is 9.62 Å². The van der Waals surface area contributed by atoms with Gasteiger partial charge in [0, 0.05) is 12.1 Å². The molecule has 0 heterocycles. The summed E-state index contributed by atoms with van der Waals surface area (Å²) in [7, 11) is -4.11. The number of carbonyl (C=O) groups is 2. The Morgan fingerprint density at radius 2 is 1.45 bits per heavy atom. The molecule has 3 aromatic rings. The zero-order valence-electron chi connectivity index (χ0n) is 22.1. The molecule has 1 atom stereocenters. The molecule has 0 fully saturated rings. The van der Waals surface area contributed by atoms with Crippen molar-refractivity contribution in [1.29, 1.82) is 0 Å². The van der Waals surface area contributed by atoms with Gasteiger partial charge in [-0.1, -0.05) is 55.5 Å². The van der Waals surface area contributed by atoms with Crippen molar-refractivity contribution in [2.45, 2.75) is 57.1 Å². The fourth-order valence-electron chi connectivity index (χ4n) is 4.00. The number of sulfonamides is 1. The Bertz CT molecular complexity index is 1330. The summed E-state index contributed by atoms with van der Waals surface area (Å²) in [6, 6.07) is 21.0. The Kier molecular flexibility index (Phi) is 9.27. The fourth-order valence-corrected chi connectivity index (χ4v) is 5.44. The normalized spacial score (nSPS) is 12.4. The molecule has 7 nitrogen and oxygen atoms in total. The maximum absolute atomic E-state index is 13.9. The lowest BCUT2D eigenvalue weighted by molar-refractivity contribution is -0.141. The minimum absolute atomic E-state index is 0.00317. The van der Waals surface area contributed by atoms with Crippen molar-refractivity contribution >= 4 is 27.5 Å². The number of benzene rings is 3. The maximum Gasteiger partial charge on any atom is 0.264 e. The van der Waals surface area contributed by atoms with Crippen LogP contribution in [0.3, 0.4) is 0 Å². The van der Waals surface area contributed by atoms with Gasteiger partial charge in [0.15, 0.2) is 0 Å². The Morgan fingerprint density at radius 1 is 0.895 bits per heavy atom. The largest absolute Gasteiger partial charge is 0.350 e. The maximum atomic E-state index is 13.9. The van der Waals surface area contributed by atoms with Gasteiger partial charge in [0.25, 0.3) is 10.0 Å². The number of halogens is 1. The number of rotatable bonds is 10. The third kappa shape index (κ3) is 7.41. The van der Waals surface area contributed by atoms with E-state index in [-0.39, 0.29) is 17.3 Å². The molecule has 0 radical (unpaired) electrons. The van der Waals surface area contributed by atoms with E-state index in [0.717, 1.165) is 4.31 Å². The predicted molar refractivity (Wildman–Crippen MR) is 146 cm³/mol. The fraction of sp³-hybridized carbons (Fsp3) is 0.310. The van der Waals surface area contributed by atoms with E-state index in [9.17, 15) is 22.4 Å². The monoisotopic (exact) mass is 539 g/mol. The van der Waals surface area contributed by atoms with Crippen molar-refractivity contribution in [1.82, 2.24) is 10.2 Å². The minimum atomic E-state index is -4.11. The predicted octanol–water partition coefficient (Wildman–Crippen LogP) is 4.74. The van der Waals surface area contributed by atoms with E-state index in [1.165, 1.54) is 29.2 Å². The molecule has 0 aromatic heterocycles. The van der Waals surface area contributed by atoms with Crippen LogP contribution >= 0.6 is 0 Å². The van der Waals surface area contributed by atoms with Crippen LogP contribution in [0.25, 0.3) is 0 Å². The summed E-state index contributed by atoms with van der Waals surface area (Å²) in [5, 5.41) is 2.92. The average Bonchev–Trinajstić information content (AvgIpc) is 2.88. The molecule has 0 unspecified atom stereocenters. The van der Waals surface area contributed by atoms with Gasteiger partial charge in [0.1, 0.15) is 18.4 Å². The van der Waals surface area contributed by atoms with E-state index in [0.29, 0.717) is 17.7 Å². The lowest BCUT2D eigenvalue weighted by atomic mass is 10.1. The number of anilines is 1. The van der Waals surface area contributed by atoms with E-state index < -0.39 is 39.9 Å². The molecular formula is C29H34FN3O4S. The molecule has 0 aliphatic rings. The van der Waals surface area contributed by atoms with Gasteiger partial charge in [-0.15, -0.1) is 0 Å². The molecular weight excluding hydrogens is 505 g/mol. The summed E-state index contributed by atoms with van der Waals surface area (Å²) in [6.45, 7) is 6.78.